The van der Waals surface area contributed by atoms with Crippen molar-refractivity contribution in [3.8, 4) is 17.1 Å². The third-order valence-corrected chi connectivity index (χ3v) is 18.1. The number of fused-ring (bicyclic) bond motifs is 5. The molecule has 0 spiro atoms. The van der Waals surface area contributed by atoms with Crippen LogP contribution in [-0.2, 0) is 100 Å². The largest absolute Gasteiger partial charge is 0.479 e. The lowest BCUT2D eigenvalue weighted by atomic mass is 9.81. The number of carbonyl (C=O) groups excluding carboxylic acids is 8. The van der Waals surface area contributed by atoms with Crippen LogP contribution in [0, 0.1) is 12.7 Å². The second-order valence-electron chi connectivity index (χ2n) is 23.1. The minimum atomic E-state index is -2.11. The van der Waals surface area contributed by atoms with E-state index in [4.69, 9.17) is 33.4 Å². The van der Waals surface area contributed by atoms with Gasteiger partial charge in [0.1, 0.15) is 49.1 Å². The van der Waals surface area contributed by atoms with Crippen LogP contribution in [0.4, 0.5) is 9.18 Å². The molecule has 2 aromatic carbocycles. The summed E-state index contributed by atoms with van der Waals surface area (Å²) in [6.07, 6.45) is -7.62. The van der Waals surface area contributed by atoms with Gasteiger partial charge in [0.05, 0.1) is 60.1 Å². The van der Waals surface area contributed by atoms with E-state index >= 15 is 4.39 Å². The summed E-state index contributed by atoms with van der Waals surface area (Å²) in [6, 6.07) is 4.96. The Hall–Kier alpha value is -8.17. The maximum absolute atomic E-state index is 15.6. The highest BCUT2D eigenvalue weighted by molar-refractivity contribution is 8.00. The van der Waals surface area contributed by atoms with Crippen molar-refractivity contribution in [3.05, 3.63) is 91.0 Å². The number of carboxylic acids is 1. The Balaban J connectivity index is 0.865. The van der Waals surface area contributed by atoms with Crippen molar-refractivity contribution < 1.29 is 101 Å². The number of nitrogens with zero attached hydrogens (tertiary/aromatic N) is 3. The summed E-state index contributed by atoms with van der Waals surface area (Å²) < 4.78 is 49.6. The molecule has 4 aliphatic heterocycles. The lowest BCUT2D eigenvalue weighted by molar-refractivity contribution is -0.271. The smallest absolute Gasteiger partial charge is 0.407 e. The predicted octanol–water partition coefficient (Wildman–Crippen LogP) is 0.539. The van der Waals surface area contributed by atoms with Crippen LogP contribution < -0.4 is 36.9 Å². The zero-order chi connectivity index (χ0) is 67.0. The lowest BCUT2D eigenvalue weighted by Gasteiger charge is -2.38. The fourth-order valence-electron chi connectivity index (χ4n) is 12.0. The number of imide groups is 1. The molecule has 4 aromatic rings. The normalized spacial score (nSPS) is 22.3. The van der Waals surface area contributed by atoms with Gasteiger partial charge < -0.3 is 85.1 Å². The number of unbranched alkanes of at least 4 members (excludes halogenated alkanes) is 2. The summed E-state index contributed by atoms with van der Waals surface area (Å²) >= 11 is 1.31. The molecule has 31 heteroatoms. The lowest BCUT2D eigenvalue weighted by Crippen LogP contribution is -2.61. The summed E-state index contributed by atoms with van der Waals surface area (Å²) in [7, 11) is 1.50. The number of methoxy groups -OCH3 is 1. The number of nitrogens with one attached hydrogen (secondary N) is 5. The van der Waals surface area contributed by atoms with Crippen LogP contribution >= 0.6 is 11.8 Å². The fourth-order valence-corrected chi connectivity index (χ4v) is 12.6. The van der Waals surface area contributed by atoms with Crippen LogP contribution in [0.5, 0.6) is 5.75 Å². The monoisotopic (exact) mass is 1320 g/mol. The fraction of sp³-hybridized carbons (Fsp3) is 0.532. The number of pyridine rings is 2. The Kier molecular flexibility index (Phi) is 22.5. The van der Waals surface area contributed by atoms with Gasteiger partial charge in [-0.15, -0.1) is 0 Å². The third kappa shape index (κ3) is 15.3. The highest BCUT2D eigenvalue weighted by atomic mass is 32.2. The van der Waals surface area contributed by atoms with E-state index in [1.165, 1.54) is 58.7 Å². The van der Waals surface area contributed by atoms with E-state index in [1.807, 2.05) is 0 Å². The van der Waals surface area contributed by atoms with E-state index in [-0.39, 0.29) is 142 Å². The van der Waals surface area contributed by atoms with Crippen LogP contribution in [0.1, 0.15) is 115 Å². The average Bonchev–Trinajstić information content (AvgIpc) is 1.62. The first kappa shape index (κ1) is 69.2. The van der Waals surface area contributed by atoms with Gasteiger partial charge in [-0.3, -0.25) is 38.5 Å². The number of amides is 7. The number of hydrogen-bond acceptors (Lipinski definition) is 22. The summed E-state index contributed by atoms with van der Waals surface area (Å²) in [5.41, 5.74) is 0.941. The molecular formula is C62H75FN8O21S. The molecule has 6 heterocycles. The van der Waals surface area contributed by atoms with E-state index in [2.05, 4.69) is 26.6 Å². The van der Waals surface area contributed by atoms with Crippen LogP contribution in [0.15, 0.2) is 35.1 Å². The number of alkyl carbamates (subject to hydrolysis) is 1. The van der Waals surface area contributed by atoms with Crippen molar-refractivity contribution >= 4 is 76.1 Å². The van der Waals surface area contributed by atoms with E-state index in [0.29, 0.717) is 65.5 Å². The highest BCUT2D eigenvalue weighted by Gasteiger charge is 2.49. The van der Waals surface area contributed by atoms with Crippen molar-refractivity contribution in [1.82, 2.24) is 41.0 Å². The van der Waals surface area contributed by atoms with Gasteiger partial charge in [-0.2, -0.15) is 11.8 Å². The Labute approximate surface area is 535 Å². The van der Waals surface area contributed by atoms with E-state index in [9.17, 15) is 73.5 Å². The zero-order valence-electron chi connectivity index (χ0n) is 51.5. The molecule has 2 aromatic heterocycles. The maximum atomic E-state index is 15.6. The molecule has 0 bridgehead atoms. The maximum Gasteiger partial charge on any atom is 0.407 e. The number of carbonyl (C=O) groups is 9. The number of likely N-dealkylation sites (tertiary alicyclic amines) is 1. The van der Waals surface area contributed by atoms with Crippen molar-refractivity contribution in [2.45, 2.75) is 158 Å². The molecule has 9 atom stereocenters. The first-order chi connectivity index (χ1) is 44.5. The minimum absolute atomic E-state index is 0.0218. The minimum Gasteiger partial charge on any atom is -0.479 e. The van der Waals surface area contributed by atoms with E-state index in [0.717, 1.165) is 0 Å². The molecule has 10 N–H and O–H groups in total. The molecule has 5 aliphatic rings. The van der Waals surface area contributed by atoms with Crippen molar-refractivity contribution in [3.63, 3.8) is 0 Å². The third-order valence-electron chi connectivity index (χ3n) is 17.2. The quantitative estimate of drug-likeness (QED) is 0.0177. The molecule has 0 radical (unpaired) electrons. The van der Waals surface area contributed by atoms with Gasteiger partial charge in [-0.1, -0.05) is 19.4 Å². The summed E-state index contributed by atoms with van der Waals surface area (Å²) in [5.74, 6) is -6.10. The molecule has 0 saturated carbocycles. The number of aryl methyl sites for hydroxylation is 1. The van der Waals surface area contributed by atoms with Crippen LogP contribution in [0.3, 0.4) is 0 Å². The van der Waals surface area contributed by atoms with Gasteiger partial charge in [0.2, 0.25) is 41.7 Å². The second-order valence-corrected chi connectivity index (χ2v) is 24.2. The molecule has 9 rings (SSSR count). The second kappa shape index (κ2) is 30.3. The molecule has 2 fully saturated rings. The van der Waals surface area contributed by atoms with E-state index in [1.54, 1.807) is 20.1 Å². The van der Waals surface area contributed by atoms with Gasteiger partial charge in [0.25, 0.3) is 5.56 Å². The number of aromatic nitrogens is 2. The molecule has 502 valence electrons. The Morgan fingerprint density at radius 1 is 0.903 bits per heavy atom. The topological polar surface area (TPSA) is 408 Å². The summed E-state index contributed by atoms with van der Waals surface area (Å²) in [6.45, 7) is 2.28. The van der Waals surface area contributed by atoms with Crippen LogP contribution in [-0.4, -0.2) is 188 Å². The van der Waals surface area contributed by atoms with Gasteiger partial charge in [0, 0.05) is 87.1 Å². The van der Waals surface area contributed by atoms with Crippen molar-refractivity contribution in [1.29, 1.82) is 0 Å². The zero-order valence-corrected chi connectivity index (χ0v) is 52.4. The van der Waals surface area contributed by atoms with Gasteiger partial charge in [-0.25, -0.2) is 23.8 Å². The SMILES string of the molecule is CC[C@@]1(O)C(=O)OCc2c1cc1n(c2=O)Cc2c-1nc1cc(F)c(C)c3c1c2[C@@H](NC(=O)OCc1ccc(O[C@@H]2O[C@H](C(=O)O)[C@@H](O)[C@H](O)[C@H]2O)c(CNC(=O)CCNC(=O)[C@H](CNC(=O)CCOCCOC)NC(=O)CCCCCN2C(=O)CC(SC)C2=O)c1)CC3. The first-order valence-corrected chi connectivity index (χ1v) is 31.8. The number of cyclic esters (lactones) is 1. The Bertz CT molecular complexity index is 3650. The van der Waals surface area contributed by atoms with Gasteiger partial charge in [-0.05, 0) is 85.7 Å². The van der Waals surface area contributed by atoms with Gasteiger partial charge >= 0.3 is 18.0 Å². The standard InChI is InChI=1S/C62H75FN8O21S/c1-5-62(86)36-22-41-50-34(27-71(41)56(80)35(36)29-89-60(62)84)49-38(12-11-33-30(2)37(63)23-39(68-50)48(33)49)69-61(85)90-28-31-10-13-42(91-59-53(78)51(76)52(77)54(92-59)58(82)83)32(21-31)25-65-44(72)14-16-64-55(79)40(26-66-45(73)15-18-88-20-19-87-3)67-46(74)9-7-6-8-17-70-47(75)24-43(93-4)57(70)81/h10,13,21-23,38,40,43,51-54,59,76-78,86H,5-9,11-12,14-20,24-29H2,1-4H3,(H,64,79)(H,65,72)(H,66,73)(H,67,74)(H,69,85)(H,82,83)/t38-,40-,43?,51-,52-,53+,54-,59+,62-/m0/s1. The number of hydrogen-bond donors (Lipinski definition) is 10. The molecule has 29 nitrogen and oxygen atoms in total. The number of ether oxygens (including phenoxy) is 6. The summed E-state index contributed by atoms with van der Waals surface area (Å²) in [5, 5.41) is 66.5. The number of aliphatic hydroxyl groups is 4. The molecule has 1 aliphatic carbocycles. The summed E-state index contributed by atoms with van der Waals surface area (Å²) in [4.78, 5) is 137. The Morgan fingerprint density at radius 3 is 2.41 bits per heavy atom. The number of benzene rings is 2. The van der Waals surface area contributed by atoms with Crippen molar-refractivity contribution in [2.24, 2.45) is 0 Å². The number of carboxylic acid groups (broad SMARTS) is 1. The van der Waals surface area contributed by atoms with E-state index < -0.39 is 113 Å². The number of esters is 1. The average molecular weight is 1320 g/mol. The molecule has 1 unspecified atom stereocenters. The number of aliphatic hydroxyl groups excluding tert-OH is 3. The van der Waals surface area contributed by atoms with Gasteiger partial charge in [0.15, 0.2) is 11.7 Å². The van der Waals surface area contributed by atoms with Crippen molar-refractivity contribution in [2.75, 3.05) is 52.8 Å². The predicted molar refractivity (Wildman–Crippen MR) is 324 cm³/mol. The Morgan fingerprint density at radius 2 is 1.68 bits per heavy atom. The number of rotatable bonds is 29. The molecule has 7 amide bonds. The number of aliphatic carboxylic acids is 1. The number of halogens is 1. The first-order valence-electron chi connectivity index (χ1n) is 30.5. The molecule has 2 saturated heterocycles. The molecule has 93 heavy (non-hydrogen) atoms. The van der Waals surface area contributed by atoms with Crippen LogP contribution in [0.25, 0.3) is 22.3 Å². The number of thioether (sulfide) groups is 1. The highest BCUT2D eigenvalue weighted by Crippen LogP contribution is 2.46. The molecular weight excluding hydrogens is 1240 g/mol. The van der Waals surface area contributed by atoms with Crippen LogP contribution in [0.2, 0.25) is 0 Å².